The van der Waals surface area contributed by atoms with Crippen molar-refractivity contribution in [3.05, 3.63) is 53.7 Å². The van der Waals surface area contributed by atoms with E-state index in [1.54, 1.807) is 12.3 Å². The molecule has 1 aromatic heterocycles. The van der Waals surface area contributed by atoms with Crippen LogP contribution in [0.5, 0.6) is 0 Å². The van der Waals surface area contributed by atoms with Gasteiger partial charge in [-0.1, -0.05) is 29.8 Å². The summed E-state index contributed by atoms with van der Waals surface area (Å²) in [4.78, 5) is 4.29. The zero-order chi connectivity index (χ0) is 14.2. The number of benzene rings is 1. The third kappa shape index (κ3) is 4.51. The van der Waals surface area contributed by atoms with E-state index in [1.807, 2.05) is 24.3 Å². The lowest BCUT2D eigenvalue weighted by atomic mass is 10.1. The van der Waals surface area contributed by atoms with E-state index in [9.17, 15) is 0 Å². The van der Waals surface area contributed by atoms with Gasteiger partial charge in [-0.05, 0) is 24.1 Å². The topological polar surface area (TPSA) is 62.7 Å². The van der Waals surface area contributed by atoms with Gasteiger partial charge in [-0.2, -0.15) is 10.1 Å². The molecule has 0 aliphatic heterocycles. The quantitative estimate of drug-likeness (QED) is 0.768. The molecule has 20 heavy (non-hydrogen) atoms. The molecule has 0 radical (unpaired) electrons. The Morgan fingerprint density at radius 3 is 2.75 bits per heavy atom. The normalized spacial score (nSPS) is 10.1. The van der Waals surface area contributed by atoms with Crippen LogP contribution in [0.15, 0.2) is 43.1 Å². The Hall–Kier alpha value is -2.14. The highest BCUT2D eigenvalue weighted by Gasteiger charge is 1.99. The molecule has 0 atom stereocenters. The highest BCUT2D eigenvalue weighted by Crippen LogP contribution is 2.10. The number of hydrogen-bond acceptors (Lipinski definition) is 5. The highest BCUT2D eigenvalue weighted by molar-refractivity contribution is 6.30. The molecule has 0 saturated carbocycles. The molecule has 0 fully saturated rings. The largest absolute Gasteiger partial charge is 0.368 e. The molecule has 5 nitrogen and oxygen atoms in total. The predicted octanol–water partition coefficient (Wildman–Crippen LogP) is 2.78. The van der Waals surface area contributed by atoms with Crippen LogP contribution in [0.4, 0.5) is 11.8 Å². The molecule has 1 aromatic carbocycles. The van der Waals surface area contributed by atoms with Crippen molar-refractivity contribution in [1.29, 1.82) is 0 Å². The third-order valence-corrected chi connectivity index (χ3v) is 2.85. The maximum absolute atomic E-state index is 5.85. The van der Waals surface area contributed by atoms with Crippen LogP contribution in [0.1, 0.15) is 5.56 Å². The maximum Gasteiger partial charge on any atom is 0.244 e. The van der Waals surface area contributed by atoms with E-state index in [2.05, 4.69) is 32.4 Å². The van der Waals surface area contributed by atoms with Crippen LogP contribution in [-0.2, 0) is 6.42 Å². The van der Waals surface area contributed by atoms with Gasteiger partial charge in [-0.25, -0.2) is 0 Å². The smallest absolute Gasteiger partial charge is 0.244 e. The molecule has 2 rings (SSSR count). The SMILES string of the molecule is C=CCNc1nncc(NCCc2ccc(Cl)cc2)n1. The molecule has 6 heteroatoms. The van der Waals surface area contributed by atoms with E-state index in [0.29, 0.717) is 18.3 Å². The molecule has 0 amide bonds. The molecule has 104 valence electrons. The average Bonchev–Trinajstić information content (AvgIpc) is 2.48. The van der Waals surface area contributed by atoms with Gasteiger partial charge < -0.3 is 10.6 Å². The number of halogens is 1. The fraction of sp³-hybridized carbons (Fsp3) is 0.214. The second-order valence-electron chi connectivity index (χ2n) is 4.14. The van der Waals surface area contributed by atoms with Gasteiger partial charge in [-0.15, -0.1) is 11.7 Å². The molecule has 2 N–H and O–H groups in total. The van der Waals surface area contributed by atoms with Crippen LogP contribution in [0, 0.1) is 0 Å². The standard InChI is InChI=1S/C14H16ClN5/c1-2-8-17-14-19-13(10-18-20-14)16-9-7-11-3-5-12(15)6-4-11/h2-6,10H,1,7-9H2,(H2,16,17,19,20). The molecule has 0 bridgehead atoms. The second kappa shape index (κ2) is 7.45. The number of anilines is 2. The van der Waals surface area contributed by atoms with E-state index in [-0.39, 0.29) is 0 Å². The van der Waals surface area contributed by atoms with E-state index in [4.69, 9.17) is 11.6 Å². The minimum absolute atomic E-state index is 0.487. The summed E-state index contributed by atoms with van der Waals surface area (Å²) in [5.41, 5.74) is 1.22. The zero-order valence-corrected chi connectivity index (χ0v) is 11.8. The van der Waals surface area contributed by atoms with Gasteiger partial charge in [0.05, 0.1) is 6.20 Å². The monoisotopic (exact) mass is 289 g/mol. The Balaban J connectivity index is 1.84. The van der Waals surface area contributed by atoms with Crippen molar-refractivity contribution in [2.24, 2.45) is 0 Å². The van der Waals surface area contributed by atoms with Crippen LogP contribution in [0.25, 0.3) is 0 Å². The third-order valence-electron chi connectivity index (χ3n) is 2.60. The molecule has 2 aromatic rings. The number of hydrogen-bond donors (Lipinski definition) is 2. The van der Waals surface area contributed by atoms with Crippen molar-refractivity contribution in [3.63, 3.8) is 0 Å². The Labute approximate surface area is 123 Å². The second-order valence-corrected chi connectivity index (χ2v) is 4.57. The molecular weight excluding hydrogens is 274 g/mol. The van der Waals surface area contributed by atoms with E-state index >= 15 is 0 Å². The predicted molar refractivity (Wildman–Crippen MR) is 82.2 cm³/mol. The van der Waals surface area contributed by atoms with Crippen molar-refractivity contribution in [2.75, 3.05) is 23.7 Å². The number of nitrogens with one attached hydrogen (secondary N) is 2. The molecule has 0 spiro atoms. The van der Waals surface area contributed by atoms with Crippen LogP contribution < -0.4 is 10.6 Å². The van der Waals surface area contributed by atoms with Crippen molar-refractivity contribution in [2.45, 2.75) is 6.42 Å². The Bertz CT molecular complexity index is 556. The first-order chi connectivity index (χ1) is 9.78. The summed E-state index contributed by atoms with van der Waals surface area (Å²) in [7, 11) is 0. The Morgan fingerprint density at radius 2 is 2.00 bits per heavy atom. The van der Waals surface area contributed by atoms with Gasteiger partial charge in [-0.3, -0.25) is 0 Å². The molecule has 0 unspecified atom stereocenters. The molecular formula is C14H16ClN5. The average molecular weight is 290 g/mol. The summed E-state index contributed by atoms with van der Waals surface area (Å²) in [5, 5.41) is 14.7. The summed E-state index contributed by atoms with van der Waals surface area (Å²) < 4.78 is 0. The summed E-state index contributed by atoms with van der Waals surface area (Å²) in [6, 6.07) is 7.81. The number of rotatable bonds is 7. The van der Waals surface area contributed by atoms with Gasteiger partial charge in [0.15, 0.2) is 5.82 Å². The first-order valence-corrected chi connectivity index (χ1v) is 6.68. The summed E-state index contributed by atoms with van der Waals surface area (Å²) in [6.45, 7) is 5.00. The fourth-order valence-electron chi connectivity index (χ4n) is 1.61. The zero-order valence-electron chi connectivity index (χ0n) is 11.0. The Kier molecular flexibility index (Phi) is 5.32. The number of aromatic nitrogens is 3. The molecule has 1 heterocycles. The van der Waals surface area contributed by atoms with Crippen molar-refractivity contribution < 1.29 is 0 Å². The van der Waals surface area contributed by atoms with Crippen LogP contribution in [-0.4, -0.2) is 28.3 Å². The van der Waals surface area contributed by atoms with E-state index < -0.39 is 0 Å². The van der Waals surface area contributed by atoms with Crippen molar-refractivity contribution >= 4 is 23.4 Å². The highest BCUT2D eigenvalue weighted by atomic mass is 35.5. The maximum atomic E-state index is 5.85. The summed E-state index contributed by atoms with van der Waals surface area (Å²) in [5.74, 6) is 1.18. The summed E-state index contributed by atoms with van der Waals surface area (Å²) in [6.07, 6.45) is 4.22. The first-order valence-electron chi connectivity index (χ1n) is 6.31. The lowest BCUT2D eigenvalue weighted by molar-refractivity contribution is 0.941. The first kappa shape index (κ1) is 14.3. The van der Waals surface area contributed by atoms with E-state index in [0.717, 1.165) is 18.0 Å². The molecule has 0 saturated heterocycles. The molecule has 0 aliphatic rings. The van der Waals surface area contributed by atoms with Gasteiger partial charge in [0.25, 0.3) is 0 Å². The van der Waals surface area contributed by atoms with Crippen molar-refractivity contribution in [1.82, 2.24) is 15.2 Å². The summed E-state index contributed by atoms with van der Waals surface area (Å²) >= 11 is 5.85. The van der Waals surface area contributed by atoms with Gasteiger partial charge in [0.2, 0.25) is 5.95 Å². The lowest BCUT2D eigenvalue weighted by Crippen LogP contribution is -2.10. The Morgan fingerprint density at radius 1 is 1.20 bits per heavy atom. The minimum Gasteiger partial charge on any atom is -0.368 e. The van der Waals surface area contributed by atoms with Crippen LogP contribution in [0.3, 0.4) is 0 Å². The van der Waals surface area contributed by atoms with Gasteiger partial charge >= 0.3 is 0 Å². The lowest BCUT2D eigenvalue weighted by Gasteiger charge is -2.06. The van der Waals surface area contributed by atoms with E-state index in [1.165, 1.54) is 5.56 Å². The van der Waals surface area contributed by atoms with Crippen LogP contribution in [0.2, 0.25) is 5.02 Å². The fourth-order valence-corrected chi connectivity index (χ4v) is 1.74. The van der Waals surface area contributed by atoms with Gasteiger partial charge in [0, 0.05) is 18.1 Å². The number of nitrogens with zero attached hydrogens (tertiary/aromatic N) is 3. The minimum atomic E-state index is 0.487. The van der Waals surface area contributed by atoms with Crippen LogP contribution >= 0.6 is 11.6 Å². The van der Waals surface area contributed by atoms with Gasteiger partial charge in [0.1, 0.15) is 0 Å². The molecule has 0 aliphatic carbocycles. The van der Waals surface area contributed by atoms with Crippen molar-refractivity contribution in [3.8, 4) is 0 Å².